The quantitative estimate of drug-likeness (QED) is 0.857. The van der Waals surface area contributed by atoms with Crippen molar-refractivity contribution in [1.82, 2.24) is 5.32 Å². The lowest BCUT2D eigenvalue weighted by molar-refractivity contribution is 0.241. The minimum atomic E-state index is -0.349. The highest BCUT2D eigenvalue weighted by atomic mass is 35.5. The zero-order valence-electron chi connectivity index (χ0n) is 11.0. The average Bonchev–Trinajstić information content (AvgIpc) is 2.43. The van der Waals surface area contributed by atoms with Crippen LogP contribution in [0.1, 0.15) is 11.1 Å². The molecule has 0 spiro atoms. The lowest BCUT2D eigenvalue weighted by Gasteiger charge is -2.16. The van der Waals surface area contributed by atoms with E-state index in [1.165, 1.54) is 12.1 Å². The molecular formula is C16H17ClFNO. The average molecular weight is 294 g/mol. The SMILES string of the molecule is OC[C@@H](Cc1ccccc1)NCc1cc(F)cc(Cl)c1. The minimum Gasteiger partial charge on any atom is -0.395 e. The van der Waals surface area contributed by atoms with E-state index in [4.69, 9.17) is 11.6 Å². The van der Waals surface area contributed by atoms with E-state index >= 15 is 0 Å². The van der Waals surface area contributed by atoms with E-state index in [9.17, 15) is 9.50 Å². The van der Waals surface area contributed by atoms with Gasteiger partial charge < -0.3 is 10.4 Å². The molecule has 2 nitrogen and oxygen atoms in total. The van der Waals surface area contributed by atoms with E-state index < -0.39 is 0 Å². The van der Waals surface area contributed by atoms with Crippen LogP contribution >= 0.6 is 11.6 Å². The van der Waals surface area contributed by atoms with E-state index in [1.807, 2.05) is 30.3 Å². The molecule has 1 atom stereocenters. The van der Waals surface area contributed by atoms with Crippen molar-refractivity contribution in [3.63, 3.8) is 0 Å². The molecule has 2 rings (SSSR count). The van der Waals surface area contributed by atoms with Gasteiger partial charge >= 0.3 is 0 Å². The Labute approximate surface area is 123 Å². The highest BCUT2D eigenvalue weighted by Gasteiger charge is 2.08. The van der Waals surface area contributed by atoms with Crippen LogP contribution in [0.25, 0.3) is 0 Å². The molecule has 0 saturated heterocycles. The van der Waals surface area contributed by atoms with Crippen molar-refractivity contribution in [2.75, 3.05) is 6.61 Å². The van der Waals surface area contributed by atoms with Crippen molar-refractivity contribution in [2.45, 2.75) is 19.0 Å². The van der Waals surface area contributed by atoms with Crippen molar-refractivity contribution in [3.05, 3.63) is 70.5 Å². The van der Waals surface area contributed by atoms with Gasteiger partial charge in [0, 0.05) is 17.6 Å². The number of nitrogens with one attached hydrogen (secondary N) is 1. The predicted molar refractivity (Wildman–Crippen MR) is 79.3 cm³/mol. The van der Waals surface area contributed by atoms with Gasteiger partial charge in [-0.2, -0.15) is 0 Å². The Bertz CT molecular complexity index is 527. The zero-order valence-corrected chi connectivity index (χ0v) is 11.8. The molecule has 20 heavy (non-hydrogen) atoms. The maximum Gasteiger partial charge on any atom is 0.125 e. The van der Waals surface area contributed by atoms with Gasteiger partial charge in [-0.25, -0.2) is 4.39 Å². The molecule has 0 heterocycles. The molecule has 0 aliphatic rings. The third-order valence-electron chi connectivity index (χ3n) is 3.06. The predicted octanol–water partition coefficient (Wildman–Crippen LogP) is 3.17. The number of aliphatic hydroxyl groups is 1. The third-order valence-corrected chi connectivity index (χ3v) is 3.28. The zero-order chi connectivity index (χ0) is 14.4. The summed E-state index contributed by atoms with van der Waals surface area (Å²) < 4.78 is 13.2. The van der Waals surface area contributed by atoms with E-state index in [-0.39, 0.29) is 18.5 Å². The van der Waals surface area contributed by atoms with E-state index in [0.717, 1.165) is 17.5 Å². The van der Waals surface area contributed by atoms with Gasteiger partial charge in [-0.15, -0.1) is 0 Å². The van der Waals surface area contributed by atoms with Crippen LogP contribution in [0.3, 0.4) is 0 Å². The van der Waals surface area contributed by atoms with Crippen molar-refractivity contribution >= 4 is 11.6 Å². The number of halogens is 2. The van der Waals surface area contributed by atoms with Crippen LogP contribution in [0.15, 0.2) is 48.5 Å². The highest BCUT2D eigenvalue weighted by Crippen LogP contribution is 2.14. The molecule has 0 bridgehead atoms. The Balaban J connectivity index is 1.93. The number of hydrogen-bond donors (Lipinski definition) is 2. The molecule has 0 radical (unpaired) electrons. The van der Waals surface area contributed by atoms with Gasteiger partial charge in [0.1, 0.15) is 5.82 Å². The highest BCUT2D eigenvalue weighted by molar-refractivity contribution is 6.30. The van der Waals surface area contributed by atoms with Crippen LogP contribution in [0.2, 0.25) is 5.02 Å². The molecular weight excluding hydrogens is 277 g/mol. The molecule has 2 aromatic carbocycles. The monoisotopic (exact) mass is 293 g/mol. The Morgan fingerprint density at radius 2 is 1.85 bits per heavy atom. The standard InChI is InChI=1S/C16H17ClFNO/c17-14-6-13(7-15(18)9-14)10-19-16(11-20)8-12-4-2-1-3-5-12/h1-7,9,16,19-20H,8,10-11H2/t16-/m1/s1. The van der Waals surface area contributed by atoms with Crippen molar-refractivity contribution in [2.24, 2.45) is 0 Å². The molecule has 0 saturated carbocycles. The van der Waals surface area contributed by atoms with Crippen molar-refractivity contribution in [3.8, 4) is 0 Å². The van der Waals surface area contributed by atoms with Crippen molar-refractivity contribution in [1.29, 1.82) is 0 Å². The Hall–Kier alpha value is -1.42. The first kappa shape index (κ1) is 15.0. The second-order valence-electron chi connectivity index (χ2n) is 4.73. The molecule has 0 aliphatic carbocycles. The van der Waals surface area contributed by atoms with Crippen LogP contribution in [0.4, 0.5) is 4.39 Å². The van der Waals surface area contributed by atoms with Crippen LogP contribution in [0.5, 0.6) is 0 Å². The topological polar surface area (TPSA) is 32.3 Å². The van der Waals surface area contributed by atoms with E-state index in [2.05, 4.69) is 5.32 Å². The summed E-state index contributed by atoms with van der Waals surface area (Å²) in [5.74, 6) is -0.349. The van der Waals surface area contributed by atoms with Crippen LogP contribution in [0, 0.1) is 5.82 Å². The van der Waals surface area contributed by atoms with Gasteiger partial charge in [0.15, 0.2) is 0 Å². The van der Waals surface area contributed by atoms with Crippen LogP contribution < -0.4 is 5.32 Å². The number of rotatable bonds is 6. The van der Waals surface area contributed by atoms with Crippen molar-refractivity contribution < 1.29 is 9.50 Å². The van der Waals surface area contributed by atoms with E-state index in [1.54, 1.807) is 6.07 Å². The fraction of sp³-hybridized carbons (Fsp3) is 0.250. The van der Waals surface area contributed by atoms with Gasteiger partial charge in [0.25, 0.3) is 0 Å². The van der Waals surface area contributed by atoms with Gasteiger partial charge in [0.2, 0.25) is 0 Å². The number of aliphatic hydroxyl groups excluding tert-OH is 1. The van der Waals surface area contributed by atoms with Crippen LogP contribution in [-0.4, -0.2) is 17.8 Å². The summed E-state index contributed by atoms with van der Waals surface area (Å²) in [6.07, 6.45) is 0.723. The first-order chi connectivity index (χ1) is 9.67. The number of benzene rings is 2. The summed E-state index contributed by atoms with van der Waals surface area (Å²) >= 11 is 5.81. The van der Waals surface area contributed by atoms with Gasteiger partial charge in [0.05, 0.1) is 6.61 Å². The number of hydrogen-bond acceptors (Lipinski definition) is 2. The smallest absolute Gasteiger partial charge is 0.125 e. The summed E-state index contributed by atoms with van der Waals surface area (Å²) in [6.45, 7) is 0.494. The first-order valence-electron chi connectivity index (χ1n) is 6.50. The molecule has 4 heteroatoms. The third kappa shape index (κ3) is 4.60. The molecule has 2 N–H and O–H groups in total. The maximum absolute atomic E-state index is 13.2. The van der Waals surface area contributed by atoms with Gasteiger partial charge in [-0.3, -0.25) is 0 Å². The molecule has 0 unspecified atom stereocenters. The summed E-state index contributed by atoms with van der Waals surface area (Å²) in [5.41, 5.74) is 1.91. The summed E-state index contributed by atoms with van der Waals surface area (Å²) in [7, 11) is 0. The fourth-order valence-corrected chi connectivity index (χ4v) is 2.32. The second-order valence-corrected chi connectivity index (χ2v) is 5.16. The Morgan fingerprint density at radius 3 is 2.50 bits per heavy atom. The molecule has 0 aromatic heterocycles. The fourth-order valence-electron chi connectivity index (χ4n) is 2.08. The molecule has 0 aliphatic heterocycles. The molecule has 0 fully saturated rings. The molecule has 106 valence electrons. The van der Waals surface area contributed by atoms with Gasteiger partial charge in [-0.1, -0.05) is 41.9 Å². The first-order valence-corrected chi connectivity index (χ1v) is 6.88. The molecule has 2 aromatic rings. The normalized spacial score (nSPS) is 12.3. The van der Waals surface area contributed by atoms with Gasteiger partial charge in [-0.05, 0) is 35.7 Å². The van der Waals surface area contributed by atoms with E-state index in [0.29, 0.717) is 11.6 Å². The summed E-state index contributed by atoms with van der Waals surface area (Å²) in [6, 6.07) is 14.3. The Morgan fingerprint density at radius 1 is 1.10 bits per heavy atom. The summed E-state index contributed by atoms with van der Waals surface area (Å²) in [4.78, 5) is 0. The Kier molecular flexibility index (Phi) is 5.53. The molecule has 0 amide bonds. The lowest BCUT2D eigenvalue weighted by Crippen LogP contribution is -2.34. The maximum atomic E-state index is 13.2. The summed E-state index contributed by atoms with van der Waals surface area (Å²) in [5, 5.41) is 13.0. The largest absolute Gasteiger partial charge is 0.395 e. The van der Waals surface area contributed by atoms with Crippen LogP contribution in [-0.2, 0) is 13.0 Å². The lowest BCUT2D eigenvalue weighted by atomic mass is 10.1. The second kappa shape index (κ2) is 7.39. The minimum absolute atomic E-state index is 0.0257.